The van der Waals surface area contributed by atoms with Crippen LogP contribution in [-0.2, 0) is 23.9 Å². The van der Waals surface area contributed by atoms with Gasteiger partial charge in [-0.15, -0.1) is 0 Å². The van der Waals surface area contributed by atoms with E-state index in [1.54, 1.807) is 0 Å². The molecule has 2 unspecified atom stereocenters. The molecule has 0 radical (unpaired) electrons. The maximum atomic E-state index is 12.9. The van der Waals surface area contributed by atoms with Gasteiger partial charge in [0.2, 0.25) is 0 Å². The fourth-order valence-corrected chi connectivity index (χ4v) is 12.3. The predicted octanol–water partition coefficient (Wildman–Crippen LogP) is 7.20. The lowest BCUT2D eigenvalue weighted by molar-refractivity contribution is -0.268. The third-order valence-electron chi connectivity index (χ3n) is 14.0. The molecule has 224 valence electrons. The normalized spacial score (nSPS) is 49.0. The molecular formula is C34H52O6. The third kappa shape index (κ3) is 3.82. The molecule has 0 saturated heterocycles. The molecule has 0 bridgehead atoms. The van der Waals surface area contributed by atoms with E-state index in [1.165, 1.54) is 13.8 Å². The second-order valence-electron chi connectivity index (χ2n) is 15.9. The Morgan fingerprint density at radius 3 is 2.00 bits per heavy atom. The monoisotopic (exact) mass is 556 g/mol. The zero-order chi connectivity index (χ0) is 29.6. The summed E-state index contributed by atoms with van der Waals surface area (Å²) < 4.78 is 11.9. The van der Waals surface area contributed by atoms with E-state index in [-0.39, 0.29) is 45.4 Å². The van der Waals surface area contributed by atoms with Crippen molar-refractivity contribution in [3.05, 3.63) is 12.2 Å². The van der Waals surface area contributed by atoms with E-state index < -0.39 is 23.6 Å². The molecule has 5 aliphatic rings. The third-order valence-corrected chi connectivity index (χ3v) is 14.0. The molecule has 5 fully saturated rings. The second kappa shape index (κ2) is 9.33. The largest absolute Gasteiger partial charge is 0.481 e. The fraction of sp³-hybridized carbons (Fsp3) is 0.853. The smallest absolute Gasteiger partial charge is 0.309 e. The summed E-state index contributed by atoms with van der Waals surface area (Å²) in [7, 11) is 0. The number of hydrogen-bond donors (Lipinski definition) is 1. The maximum Gasteiger partial charge on any atom is 0.309 e. The van der Waals surface area contributed by atoms with Gasteiger partial charge in [-0.2, -0.15) is 0 Å². The Morgan fingerprint density at radius 1 is 0.775 bits per heavy atom. The molecule has 1 N–H and O–H groups in total. The lowest BCUT2D eigenvalue weighted by Crippen LogP contribution is -2.69. The topological polar surface area (TPSA) is 89.9 Å². The van der Waals surface area contributed by atoms with Gasteiger partial charge in [0.1, 0.15) is 12.2 Å². The number of rotatable bonds is 4. The average molecular weight is 557 g/mol. The standard InChI is InChI=1S/C34H52O6/c1-19(2)22-12-15-34(29(37)38)17-16-32(8)23(27(22)34)10-11-26-31(7)18-24(39-20(3)35)28(40-21(4)36)30(5,6)25(31)13-14-33(26,32)9/h22-28H,1,10-18H2,2-9H3,(H,37,38)/t22-,23+,24?,25-,26+,27+,28?,31-,32+,33+,34-/m0/s1. The number of carboxylic acids is 1. The number of aliphatic carboxylic acids is 1. The summed E-state index contributed by atoms with van der Waals surface area (Å²) in [6.07, 6.45) is 7.37. The molecule has 0 aromatic heterocycles. The summed E-state index contributed by atoms with van der Waals surface area (Å²) in [5.41, 5.74) is 0.155. The van der Waals surface area contributed by atoms with Crippen molar-refractivity contribution in [2.75, 3.05) is 0 Å². The van der Waals surface area contributed by atoms with E-state index in [2.05, 4.69) is 48.1 Å². The molecule has 0 aliphatic heterocycles. The van der Waals surface area contributed by atoms with Gasteiger partial charge in [-0.25, -0.2) is 0 Å². The zero-order valence-corrected chi connectivity index (χ0v) is 26.1. The van der Waals surface area contributed by atoms with Crippen LogP contribution in [0.2, 0.25) is 0 Å². The van der Waals surface area contributed by atoms with Crippen molar-refractivity contribution < 1.29 is 29.0 Å². The summed E-state index contributed by atoms with van der Waals surface area (Å²) in [5.74, 6) is 0.259. The molecule has 6 nitrogen and oxygen atoms in total. The van der Waals surface area contributed by atoms with Crippen LogP contribution < -0.4 is 0 Å². The number of hydrogen-bond acceptors (Lipinski definition) is 5. The van der Waals surface area contributed by atoms with Crippen molar-refractivity contribution in [3.8, 4) is 0 Å². The van der Waals surface area contributed by atoms with Crippen LogP contribution in [0.15, 0.2) is 12.2 Å². The van der Waals surface area contributed by atoms with Crippen LogP contribution in [0.3, 0.4) is 0 Å². The second-order valence-corrected chi connectivity index (χ2v) is 15.9. The van der Waals surface area contributed by atoms with Gasteiger partial charge in [-0.05, 0) is 111 Å². The van der Waals surface area contributed by atoms with Gasteiger partial charge in [-0.3, -0.25) is 14.4 Å². The van der Waals surface area contributed by atoms with Gasteiger partial charge in [-0.1, -0.05) is 46.8 Å². The van der Waals surface area contributed by atoms with E-state index in [9.17, 15) is 19.5 Å². The van der Waals surface area contributed by atoms with E-state index in [0.29, 0.717) is 24.2 Å². The van der Waals surface area contributed by atoms with Gasteiger partial charge >= 0.3 is 17.9 Å². The number of carboxylic acid groups (broad SMARTS) is 1. The fourth-order valence-electron chi connectivity index (χ4n) is 12.3. The van der Waals surface area contributed by atoms with E-state index in [4.69, 9.17) is 9.47 Å². The van der Waals surface area contributed by atoms with Crippen molar-refractivity contribution >= 4 is 17.9 Å². The Balaban J connectivity index is 1.56. The minimum Gasteiger partial charge on any atom is -0.481 e. The Morgan fingerprint density at radius 2 is 1.43 bits per heavy atom. The summed E-state index contributed by atoms with van der Waals surface area (Å²) in [5, 5.41) is 10.6. The number of carbonyl (C=O) groups is 3. The molecule has 0 aromatic carbocycles. The zero-order valence-electron chi connectivity index (χ0n) is 26.1. The lowest BCUT2D eigenvalue weighted by Gasteiger charge is -2.73. The first-order valence-corrected chi connectivity index (χ1v) is 15.7. The average Bonchev–Trinajstić information content (AvgIpc) is 3.23. The summed E-state index contributed by atoms with van der Waals surface area (Å²) in [4.78, 5) is 37.3. The highest BCUT2D eigenvalue weighted by Gasteiger charge is 2.73. The first kappa shape index (κ1) is 29.6. The minimum absolute atomic E-state index is 0.0271. The van der Waals surface area contributed by atoms with Gasteiger partial charge in [0.05, 0.1) is 5.41 Å². The molecule has 40 heavy (non-hydrogen) atoms. The van der Waals surface area contributed by atoms with E-state index in [1.807, 2.05) is 0 Å². The van der Waals surface area contributed by atoms with Crippen LogP contribution in [0, 0.1) is 56.7 Å². The number of esters is 2. The highest BCUT2D eigenvalue weighted by Crippen LogP contribution is 2.77. The summed E-state index contributed by atoms with van der Waals surface area (Å²) in [6, 6.07) is 0. The van der Waals surface area contributed by atoms with E-state index >= 15 is 0 Å². The highest BCUT2D eigenvalue weighted by molar-refractivity contribution is 5.76. The molecule has 0 spiro atoms. The van der Waals surface area contributed by atoms with Gasteiger partial charge in [0.25, 0.3) is 0 Å². The molecular weight excluding hydrogens is 504 g/mol. The Labute approximate surface area is 241 Å². The van der Waals surface area contributed by atoms with Crippen LogP contribution in [-0.4, -0.2) is 35.2 Å². The number of fused-ring (bicyclic) bond motifs is 7. The van der Waals surface area contributed by atoms with E-state index in [0.717, 1.165) is 56.9 Å². The Hall–Kier alpha value is -1.85. The van der Waals surface area contributed by atoms with Crippen LogP contribution in [0.5, 0.6) is 0 Å². The summed E-state index contributed by atoms with van der Waals surface area (Å²) >= 11 is 0. The highest BCUT2D eigenvalue weighted by atomic mass is 16.6. The Kier molecular flexibility index (Phi) is 6.91. The molecule has 6 heteroatoms. The molecule has 5 aliphatic carbocycles. The van der Waals surface area contributed by atoms with Gasteiger partial charge < -0.3 is 14.6 Å². The van der Waals surface area contributed by atoms with Crippen molar-refractivity contribution in [3.63, 3.8) is 0 Å². The molecule has 11 atom stereocenters. The van der Waals surface area contributed by atoms with Crippen LogP contribution in [0.4, 0.5) is 0 Å². The number of carbonyl (C=O) groups excluding carboxylic acids is 2. The molecule has 5 saturated carbocycles. The molecule has 0 heterocycles. The van der Waals surface area contributed by atoms with Crippen LogP contribution in [0.25, 0.3) is 0 Å². The minimum atomic E-state index is -0.622. The van der Waals surface area contributed by atoms with Crippen molar-refractivity contribution in [1.29, 1.82) is 0 Å². The maximum absolute atomic E-state index is 12.9. The summed E-state index contributed by atoms with van der Waals surface area (Å²) in [6.45, 7) is 21.2. The van der Waals surface area contributed by atoms with Crippen LogP contribution in [0.1, 0.15) is 113 Å². The quantitative estimate of drug-likeness (QED) is 0.291. The molecule has 0 amide bonds. The van der Waals surface area contributed by atoms with Gasteiger partial charge in [0.15, 0.2) is 0 Å². The SMILES string of the molecule is C=C(C)[C@@H]1CC[C@]2(C(=O)O)CC[C@]3(C)[C@H](CC[C@@H]4[C@@]5(C)CC(OC(C)=O)C(OC(C)=O)C(C)(C)[C@@H]5CC[C@]43C)[C@@H]12. The van der Waals surface area contributed by atoms with Crippen LogP contribution >= 0.6 is 0 Å². The van der Waals surface area contributed by atoms with Crippen molar-refractivity contribution in [2.45, 2.75) is 125 Å². The number of allylic oxidation sites excluding steroid dienone is 1. The number of ether oxygens (including phenoxy) is 2. The first-order valence-electron chi connectivity index (χ1n) is 15.7. The Bertz CT molecular complexity index is 1110. The lowest BCUT2D eigenvalue weighted by atomic mass is 9.32. The first-order chi connectivity index (χ1) is 18.5. The van der Waals surface area contributed by atoms with Crippen molar-refractivity contribution in [1.82, 2.24) is 0 Å². The molecule has 5 rings (SSSR count). The predicted molar refractivity (Wildman–Crippen MR) is 153 cm³/mol. The molecule has 0 aromatic rings. The van der Waals surface area contributed by atoms with Crippen molar-refractivity contribution in [2.24, 2.45) is 56.7 Å². The van der Waals surface area contributed by atoms with Gasteiger partial charge in [0, 0.05) is 19.3 Å².